The fraction of sp³-hybridized carbons (Fsp3) is 0.357. The van der Waals surface area contributed by atoms with E-state index in [2.05, 4.69) is 65.3 Å². The van der Waals surface area contributed by atoms with Crippen LogP contribution in [0, 0.1) is 19.0 Å². The van der Waals surface area contributed by atoms with Crippen molar-refractivity contribution in [1.82, 2.24) is 29.5 Å². The van der Waals surface area contributed by atoms with Crippen molar-refractivity contribution in [2.45, 2.75) is 50.4 Å². The Morgan fingerprint density at radius 2 is 1.25 bits per heavy atom. The number of carbonyl (C=O) groups is 2. The summed E-state index contributed by atoms with van der Waals surface area (Å²) < 4.78 is 5.71. The molecular formula is C28H25I2N7O3. The second kappa shape index (κ2) is 9.89. The summed E-state index contributed by atoms with van der Waals surface area (Å²) in [6, 6.07) is 7.75. The van der Waals surface area contributed by atoms with E-state index in [4.69, 9.17) is 5.73 Å². The van der Waals surface area contributed by atoms with E-state index < -0.39 is 11.9 Å². The lowest BCUT2D eigenvalue weighted by Crippen LogP contribution is -2.32. The van der Waals surface area contributed by atoms with Crippen LogP contribution in [0.3, 0.4) is 0 Å². The van der Waals surface area contributed by atoms with Gasteiger partial charge in [-0.1, -0.05) is 0 Å². The fourth-order valence-corrected chi connectivity index (χ4v) is 7.62. The number of rotatable bonds is 4. The zero-order valence-electron chi connectivity index (χ0n) is 21.3. The highest BCUT2D eigenvalue weighted by Gasteiger charge is 2.44. The molecule has 0 aromatic carbocycles. The summed E-state index contributed by atoms with van der Waals surface area (Å²) in [6.07, 6.45) is 9.93. The van der Waals surface area contributed by atoms with Crippen molar-refractivity contribution in [3.8, 4) is 11.6 Å². The standard InChI is InChI=1S/C14H13IN4O.C14H12IN3O2/c15-9-1-2-17-11(6-9)19-10-5-7-3-8(4-7)12(10)13(18-19)14(16)20;15-9-1-2-16-11(6-9)18-10-5-7-3-8(4-7)12(10)13(17-18)14(19)20/h1-2,6-8H,3-5H2,(H2,16,20);1-2,6-8H,3-5H2,(H,19,20). The van der Waals surface area contributed by atoms with Gasteiger partial charge in [0.1, 0.15) is 0 Å². The van der Waals surface area contributed by atoms with E-state index in [1.54, 1.807) is 17.1 Å². The molecule has 4 aromatic heterocycles. The second-order valence-corrected chi connectivity index (χ2v) is 13.5. The molecule has 0 saturated heterocycles. The van der Waals surface area contributed by atoms with Crippen LogP contribution in [0.2, 0.25) is 0 Å². The topological polar surface area (TPSA) is 142 Å². The number of primary amides is 1. The average Bonchev–Trinajstić information content (AvgIpc) is 3.48. The molecule has 2 saturated carbocycles. The molecule has 0 atom stereocenters. The number of hydrogen-bond acceptors (Lipinski definition) is 6. The van der Waals surface area contributed by atoms with Crippen LogP contribution in [0.5, 0.6) is 0 Å². The Labute approximate surface area is 257 Å². The Morgan fingerprint density at radius 1 is 0.800 bits per heavy atom. The molecule has 12 heteroatoms. The van der Waals surface area contributed by atoms with Gasteiger partial charge in [-0.25, -0.2) is 24.1 Å². The van der Waals surface area contributed by atoms with Crippen LogP contribution < -0.4 is 5.73 Å². The monoisotopic (exact) mass is 761 g/mol. The molecule has 40 heavy (non-hydrogen) atoms. The second-order valence-electron chi connectivity index (χ2n) is 11.1. The molecule has 10 nitrogen and oxygen atoms in total. The van der Waals surface area contributed by atoms with E-state index in [1.807, 2.05) is 28.9 Å². The van der Waals surface area contributed by atoms with Gasteiger partial charge in [-0.15, -0.1) is 0 Å². The fourth-order valence-electron chi connectivity index (χ4n) is 6.74. The van der Waals surface area contributed by atoms with Crippen molar-refractivity contribution < 1.29 is 14.7 Å². The van der Waals surface area contributed by atoms with E-state index in [0.29, 0.717) is 29.3 Å². The van der Waals surface area contributed by atoms with Crippen molar-refractivity contribution in [1.29, 1.82) is 0 Å². The van der Waals surface area contributed by atoms with Gasteiger partial charge in [-0.3, -0.25) is 4.79 Å². The summed E-state index contributed by atoms with van der Waals surface area (Å²) >= 11 is 4.47. The lowest BCUT2D eigenvalue weighted by atomic mass is 9.64. The third-order valence-corrected chi connectivity index (χ3v) is 9.92. The molecule has 0 radical (unpaired) electrons. The van der Waals surface area contributed by atoms with E-state index in [1.165, 1.54) is 12.8 Å². The smallest absolute Gasteiger partial charge is 0.356 e. The first-order chi connectivity index (χ1) is 19.3. The van der Waals surface area contributed by atoms with E-state index in [-0.39, 0.29) is 5.69 Å². The van der Waals surface area contributed by atoms with Crippen molar-refractivity contribution >= 4 is 57.1 Å². The maximum absolute atomic E-state index is 11.7. The highest BCUT2D eigenvalue weighted by Crippen LogP contribution is 2.52. The third kappa shape index (κ3) is 4.33. The summed E-state index contributed by atoms with van der Waals surface area (Å²) in [5.74, 6) is 2.36. The number of nitrogens with two attached hydrogens (primary N) is 1. The van der Waals surface area contributed by atoms with Gasteiger partial charge in [0.05, 0.1) is 11.4 Å². The van der Waals surface area contributed by atoms with Crippen molar-refractivity contribution in [3.05, 3.63) is 77.7 Å². The summed E-state index contributed by atoms with van der Waals surface area (Å²) in [5.41, 5.74) is 10.3. The molecule has 0 aliphatic heterocycles. The van der Waals surface area contributed by atoms with Crippen LogP contribution in [-0.2, 0) is 12.8 Å². The van der Waals surface area contributed by atoms with Crippen molar-refractivity contribution in [2.24, 2.45) is 17.6 Å². The Morgan fingerprint density at radius 3 is 1.68 bits per heavy atom. The predicted octanol–water partition coefficient (Wildman–Crippen LogP) is 4.64. The van der Waals surface area contributed by atoms with Crippen molar-refractivity contribution in [2.75, 3.05) is 0 Å². The maximum atomic E-state index is 11.7. The molecule has 6 aliphatic carbocycles. The van der Waals surface area contributed by atoms with Gasteiger partial charge < -0.3 is 10.8 Å². The predicted molar refractivity (Wildman–Crippen MR) is 162 cm³/mol. The molecule has 204 valence electrons. The normalized spacial score (nSPS) is 23.1. The highest BCUT2D eigenvalue weighted by molar-refractivity contribution is 14.1. The van der Waals surface area contributed by atoms with Crippen LogP contribution in [-0.4, -0.2) is 46.5 Å². The Balaban J connectivity index is 0.000000132. The van der Waals surface area contributed by atoms with Gasteiger partial charge in [-0.2, -0.15) is 10.2 Å². The lowest BCUT2D eigenvalue weighted by Gasteiger charge is -2.41. The first kappa shape index (κ1) is 26.0. The van der Waals surface area contributed by atoms with Gasteiger partial charge in [0.25, 0.3) is 5.91 Å². The molecule has 0 unspecified atom stereocenters. The number of halogens is 2. The number of hydrogen-bond donors (Lipinski definition) is 2. The number of aromatic nitrogens is 6. The van der Waals surface area contributed by atoms with E-state index in [0.717, 1.165) is 67.1 Å². The Hall–Kier alpha value is -2.88. The maximum Gasteiger partial charge on any atom is 0.356 e. The SMILES string of the molecule is NC(=O)c1nn(-c2cc(I)ccn2)c2c1C1CC(C2)C1.O=C(O)c1nn(-c2cc(I)ccn2)c2c1C1CC(C2)C1. The summed E-state index contributed by atoms with van der Waals surface area (Å²) in [6.45, 7) is 0. The molecule has 4 heterocycles. The summed E-state index contributed by atoms with van der Waals surface area (Å²) in [7, 11) is 0. The largest absolute Gasteiger partial charge is 0.476 e. The van der Waals surface area contributed by atoms with Gasteiger partial charge in [0, 0.05) is 30.7 Å². The molecule has 2 fully saturated rings. The average molecular weight is 761 g/mol. The van der Waals surface area contributed by atoms with Gasteiger partial charge in [0.2, 0.25) is 0 Å². The van der Waals surface area contributed by atoms with Gasteiger partial charge in [0.15, 0.2) is 23.0 Å². The zero-order chi connectivity index (χ0) is 27.7. The molecule has 4 bridgehead atoms. The van der Waals surface area contributed by atoms with Crippen LogP contribution in [0.4, 0.5) is 0 Å². The van der Waals surface area contributed by atoms with E-state index >= 15 is 0 Å². The number of carboxylic acid groups (broad SMARTS) is 1. The molecule has 4 aromatic rings. The van der Waals surface area contributed by atoms with Gasteiger partial charge >= 0.3 is 5.97 Å². The Kier molecular flexibility index (Phi) is 6.44. The molecule has 3 N–H and O–H groups in total. The minimum Gasteiger partial charge on any atom is -0.476 e. The lowest BCUT2D eigenvalue weighted by molar-refractivity contribution is 0.0685. The Bertz CT molecular complexity index is 1560. The molecule has 6 aliphatic rings. The van der Waals surface area contributed by atoms with E-state index in [9.17, 15) is 14.7 Å². The summed E-state index contributed by atoms with van der Waals surface area (Å²) in [5, 5.41) is 18.2. The van der Waals surface area contributed by atoms with Crippen LogP contribution in [0.1, 0.15) is 81.0 Å². The number of nitrogens with zero attached hydrogens (tertiary/aromatic N) is 6. The van der Waals surface area contributed by atoms with Crippen LogP contribution in [0.25, 0.3) is 11.6 Å². The molecule has 0 spiro atoms. The number of carbonyl (C=O) groups excluding carboxylic acids is 1. The minimum absolute atomic E-state index is 0.212. The number of amides is 1. The van der Waals surface area contributed by atoms with Crippen LogP contribution in [0.15, 0.2) is 36.7 Å². The number of aromatic carboxylic acids is 1. The van der Waals surface area contributed by atoms with Crippen molar-refractivity contribution in [3.63, 3.8) is 0 Å². The number of pyridine rings is 2. The minimum atomic E-state index is -0.934. The third-order valence-electron chi connectivity index (χ3n) is 8.58. The highest BCUT2D eigenvalue weighted by atomic mass is 127. The quantitative estimate of drug-likeness (QED) is 0.289. The van der Waals surface area contributed by atoms with Crippen LogP contribution >= 0.6 is 45.2 Å². The molecule has 10 rings (SSSR count). The summed E-state index contributed by atoms with van der Waals surface area (Å²) in [4.78, 5) is 31.8. The molecule has 1 amide bonds. The molecular weight excluding hydrogens is 736 g/mol. The first-order valence-corrected chi connectivity index (χ1v) is 15.4. The number of carboxylic acids is 1. The zero-order valence-corrected chi connectivity index (χ0v) is 25.6. The van der Waals surface area contributed by atoms with Gasteiger partial charge in [-0.05, 0) is 132 Å². The first-order valence-electron chi connectivity index (χ1n) is 13.3.